The minimum Gasteiger partial charge on any atom is -0.468 e. The summed E-state index contributed by atoms with van der Waals surface area (Å²) in [5.74, 6) is 0.184. The molecule has 8 heteroatoms. The third-order valence-corrected chi connectivity index (χ3v) is 4.85. The van der Waals surface area contributed by atoms with E-state index in [0.717, 1.165) is 5.76 Å². The van der Waals surface area contributed by atoms with Crippen LogP contribution in [0.4, 0.5) is 4.39 Å². The van der Waals surface area contributed by atoms with Gasteiger partial charge in [0.05, 0.1) is 23.7 Å². The molecule has 3 aromatic rings. The number of likely N-dealkylation sites (N-methyl/N-ethyl adjacent to an activating group) is 1. The van der Waals surface area contributed by atoms with Crippen LogP contribution in [0, 0.1) is 12.7 Å². The Bertz CT molecular complexity index is 995. The molecule has 0 radical (unpaired) electrons. The first-order valence-corrected chi connectivity index (χ1v) is 9.41. The molecule has 29 heavy (non-hydrogen) atoms. The molecule has 0 fully saturated rings. The van der Waals surface area contributed by atoms with Crippen molar-refractivity contribution in [1.29, 1.82) is 0 Å². The van der Waals surface area contributed by atoms with Gasteiger partial charge in [0.1, 0.15) is 16.7 Å². The van der Waals surface area contributed by atoms with Crippen molar-refractivity contribution in [2.24, 2.45) is 0 Å². The van der Waals surface area contributed by atoms with Crippen LogP contribution >= 0.6 is 11.6 Å². The van der Waals surface area contributed by atoms with Gasteiger partial charge >= 0.3 is 0 Å². The van der Waals surface area contributed by atoms with E-state index in [2.05, 4.69) is 10.4 Å². The molecule has 1 aromatic carbocycles. The molecule has 0 aliphatic heterocycles. The van der Waals surface area contributed by atoms with Crippen LogP contribution in [0.2, 0.25) is 5.15 Å². The van der Waals surface area contributed by atoms with E-state index in [0.29, 0.717) is 28.6 Å². The summed E-state index contributed by atoms with van der Waals surface area (Å²) in [7, 11) is 3.84. The minimum atomic E-state index is -0.337. The molecule has 2 aromatic heterocycles. The van der Waals surface area contributed by atoms with Crippen LogP contribution in [-0.2, 0) is 4.79 Å². The predicted octanol–water partition coefficient (Wildman–Crippen LogP) is 4.00. The quantitative estimate of drug-likeness (QED) is 0.591. The number of nitrogens with one attached hydrogen (secondary N) is 1. The molecule has 152 valence electrons. The van der Waals surface area contributed by atoms with Gasteiger partial charge in [-0.1, -0.05) is 11.6 Å². The van der Waals surface area contributed by atoms with Crippen LogP contribution in [0.25, 0.3) is 11.8 Å². The number of halogens is 2. The maximum Gasteiger partial charge on any atom is 0.244 e. The third-order valence-electron chi connectivity index (χ3n) is 4.49. The fourth-order valence-electron chi connectivity index (χ4n) is 2.89. The van der Waals surface area contributed by atoms with Crippen molar-refractivity contribution in [2.75, 3.05) is 20.6 Å². The van der Waals surface area contributed by atoms with Crippen molar-refractivity contribution in [3.05, 3.63) is 76.7 Å². The summed E-state index contributed by atoms with van der Waals surface area (Å²) in [5, 5.41) is 7.59. The van der Waals surface area contributed by atoms with Crippen LogP contribution in [0.1, 0.15) is 23.1 Å². The first kappa shape index (κ1) is 20.8. The molecular weight excluding hydrogens is 395 g/mol. The lowest BCUT2D eigenvalue weighted by Crippen LogP contribution is -2.33. The highest BCUT2D eigenvalue weighted by atomic mass is 35.5. The minimum absolute atomic E-state index is 0.0751. The summed E-state index contributed by atoms with van der Waals surface area (Å²) in [6.07, 6.45) is 4.65. The summed E-state index contributed by atoms with van der Waals surface area (Å²) in [4.78, 5) is 14.3. The lowest BCUT2D eigenvalue weighted by atomic mass is 10.2. The summed E-state index contributed by atoms with van der Waals surface area (Å²) in [5.41, 5.74) is 1.92. The summed E-state index contributed by atoms with van der Waals surface area (Å²) < 4.78 is 20.1. The lowest BCUT2D eigenvalue weighted by molar-refractivity contribution is -0.116. The Morgan fingerprint density at radius 1 is 1.34 bits per heavy atom. The van der Waals surface area contributed by atoms with Crippen molar-refractivity contribution in [1.82, 2.24) is 20.0 Å². The molecule has 1 atom stereocenters. The molecule has 0 saturated carbocycles. The van der Waals surface area contributed by atoms with Crippen molar-refractivity contribution in [3.63, 3.8) is 0 Å². The van der Waals surface area contributed by atoms with Crippen molar-refractivity contribution >= 4 is 23.6 Å². The molecule has 0 aliphatic rings. The zero-order valence-corrected chi connectivity index (χ0v) is 17.2. The van der Waals surface area contributed by atoms with E-state index in [9.17, 15) is 9.18 Å². The van der Waals surface area contributed by atoms with Crippen molar-refractivity contribution in [2.45, 2.75) is 13.0 Å². The molecule has 0 bridgehead atoms. The Balaban J connectivity index is 1.69. The van der Waals surface area contributed by atoms with Gasteiger partial charge in [0.25, 0.3) is 0 Å². The van der Waals surface area contributed by atoms with Crippen molar-refractivity contribution < 1.29 is 13.6 Å². The van der Waals surface area contributed by atoms with Gasteiger partial charge in [-0.2, -0.15) is 5.10 Å². The van der Waals surface area contributed by atoms with E-state index in [1.807, 2.05) is 31.1 Å². The number of nitrogens with zero attached hydrogens (tertiary/aromatic N) is 3. The van der Waals surface area contributed by atoms with Gasteiger partial charge < -0.3 is 9.73 Å². The monoisotopic (exact) mass is 416 g/mol. The maximum atomic E-state index is 13.1. The van der Waals surface area contributed by atoms with Gasteiger partial charge in [-0.3, -0.25) is 9.69 Å². The smallest absolute Gasteiger partial charge is 0.244 e. The number of hydrogen-bond donors (Lipinski definition) is 1. The molecule has 6 nitrogen and oxygen atoms in total. The number of carbonyl (C=O) groups is 1. The van der Waals surface area contributed by atoms with Crippen LogP contribution in [-0.4, -0.2) is 41.2 Å². The molecule has 1 unspecified atom stereocenters. The van der Waals surface area contributed by atoms with Gasteiger partial charge in [-0.25, -0.2) is 9.07 Å². The fraction of sp³-hybridized carbons (Fsp3) is 0.238. The second kappa shape index (κ2) is 9.07. The molecule has 0 spiro atoms. The number of aryl methyl sites for hydroxylation is 1. The van der Waals surface area contributed by atoms with Crippen LogP contribution < -0.4 is 5.32 Å². The highest BCUT2D eigenvalue weighted by Gasteiger charge is 2.17. The molecule has 0 aliphatic carbocycles. The van der Waals surface area contributed by atoms with Gasteiger partial charge in [0.15, 0.2) is 0 Å². The number of aromatic nitrogens is 2. The molecule has 1 N–H and O–H groups in total. The van der Waals surface area contributed by atoms with E-state index < -0.39 is 0 Å². The standard InChI is InChI=1S/C21H22ClFN4O2/c1-14-17(21(22)27(25-14)16-8-6-15(23)7-9-16)10-11-20(28)24-13-18(26(2)3)19-5-4-12-29-19/h4-12,18H,13H2,1-3H3,(H,24,28). The summed E-state index contributed by atoms with van der Waals surface area (Å²) in [6, 6.07) is 9.47. The number of amides is 1. The lowest BCUT2D eigenvalue weighted by Gasteiger charge is -2.22. The van der Waals surface area contributed by atoms with Crippen LogP contribution in [0.15, 0.2) is 53.2 Å². The van der Waals surface area contributed by atoms with Gasteiger partial charge in [0, 0.05) is 18.2 Å². The molecule has 1 amide bonds. The highest BCUT2D eigenvalue weighted by molar-refractivity contribution is 6.31. The van der Waals surface area contributed by atoms with Gasteiger partial charge in [-0.15, -0.1) is 0 Å². The van der Waals surface area contributed by atoms with Crippen molar-refractivity contribution in [3.8, 4) is 5.69 Å². The molecule has 3 rings (SSSR count). The average Bonchev–Trinajstić information content (AvgIpc) is 3.30. The Morgan fingerprint density at radius 2 is 2.07 bits per heavy atom. The molecule has 2 heterocycles. The van der Waals surface area contributed by atoms with Crippen LogP contribution in [0.5, 0.6) is 0 Å². The second-order valence-electron chi connectivity index (χ2n) is 6.75. The summed E-state index contributed by atoms with van der Waals surface area (Å²) in [6.45, 7) is 2.19. The number of furan rings is 1. The zero-order valence-electron chi connectivity index (χ0n) is 16.4. The van der Waals surface area contributed by atoms with E-state index in [1.54, 1.807) is 31.4 Å². The normalized spacial score (nSPS) is 12.6. The van der Waals surface area contributed by atoms with Crippen LogP contribution in [0.3, 0.4) is 0 Å². The topological polar surface area (TPSA) is 63.3 Å². The highest BCUT2D eigenvalue weighted by Crippen LogP contribution is 2.25. The number of rotatable bonds is 7. The Kier molecular flexibility index (Phi) is 6.51. The average molecular weight is 417 g/mol. The Labute approximate surface area is 173 Å². The SMILES string of the molecule is Cc1nn(-c2ccc(F)cc2)c(Cl)c1C=CC(=O)NCC(c1ccco1)N(C)C. The van der Waals surface area contributed by atoms with Gasteiger partial charge in [0.2, 0.25) is 5.91 Å². The number of benzene rings is 1. The Morgan fingerprint density at radius 3 is 2.69 bits per heavy atom. The molecule has 0 saturated heterocycles. The van der Waals surface area contributed by atoms with E-state index >= 15 is 0 Å². The predicted molar refractivity (Wildman–Crippen MR) is 110 cm³/mol. The number of carbonyl (C=O) groups excluding carboxylic acids is 1. The second-order valence-corrected chi connectivity index (χ2v) is 7.11. The largest absolute Gasteiger partial charge is 0.468 e. The zero-order chi connectivity index (χ0) is 21.0. The number of hydrogen-bond acceptors (Lipinski definition) is 4. The van der Waals surface area contributed by atoms with E-state index in [-0.39, 0.29) is 17.8 Å². The Hall–Kier alpha value is -2.90. The fourth-order valence-corrected chi connectivity index (χ4v) is 3.22. The first-order valence-electron chi connectivity index (χ1n) is 9.03. The summed E-state index contributed by atoms with van der Waals surface area (Å²) >= 11 is 6.43. The maximum absolute atomic E-state index is 13.1. The van der Waals surface area contributed by atoms with Gasteiger partial charge in [-0.05, 0) is 63.5 Å². The van der Waals surface area contributed by atoms with E-state index in [4.69, 9.17) is 16.0 Å². The molecular formula is C21H22ClFN4O2. The first-order chi connectivity index (χ1) is 13.9. The third kappa shape index (κ3) is 4.93. The van der Waals surface area contributed by atoms with E-state index in [1.165, 1.54) is 22.9 Å².